The Bertz CT molecular complexity index is 906. The van der Waals surface area contributed by atoms with E-state index in [1.165, 1.54) is 18.2 Å². The number of thioether (sulfide) groups is 1. The van der Waals surface area contributed by atoms with Crippen molar-refractivity contribution >= 4 is 29.3 Å². The zero-order valence-electron chi connectivity index (χ0n) is 17.3. The van der Waals surface area contributed by atoms with Crippen LogP contribution in [-0.2, 0) is 13.6 Å². The van der Waals surface area contributed by atoms with E-state index in [1.807, 2.05) is 37.3 Å². The molecule has 0 bridgehead atoms. The summed E-state index contributed by atoms with van der Waals surface area (Å²) in [5.41, 5.74) is 3.20. The standard InChI is InChI=1S/C21H28ClN5OS/c1-15-17(18(22)25(2)24-15)13-26-10-6-21(14-26)7-11-27(12-8-21)20(28)16-5-4-9-23-19(16)29-3/h4-5,9H,6-8,10-14H2,1-3H3. The average molecular weight is 434 g/mol. The van der Waals surface area contributed by atoms with Gasteiger partial charge in [0.2, 0.25) is 0 Å². The molecular weight excluding hydrogens is 406 g/mol. The van der Waals surface area contributed by atoms with Crippen molar-refractivity contribution in [2.45, 2.75) is 37.8 Å². The Hall–Kier alpha value is -1.57. The molecule has 2 aliphatic rings. The molecule has 4 rings (SSSR count). The third-order valence-corrected chi connectivity index (χ3v) is 7.66. The predicted octanol–water partition coefficient (Wildman–Crippen LogP) is 3.63. The molecule has 0 N–H and O–H groups in total. The van der Waals surface area contributed by atoms with Crippen molar-refractivity contribution in [1.82, 2.24) is 24.6 Å². The third kappa shape index (κ3) is 4.05. The second-order valence-corrected chi connectivity index (χ2v) is 9.44. The van der Waals surface area contributed by atoms with E-state index in [2.05, 4.69) is 15.0 Å². The number of hydrogen-bond acceptors (Lipinski definition) is 5. The number of aromatic nitrogens is 3. The molecule has 2 saturated heterocycles. The fourth-order valence-electron chi connectivity index (χ4n) is 4.72. The molecule has 0 unspecified atom stereocenters. The Morgan fingerprint density at radius 2 is 2.00 bits per heavy atom. The smallest absolute Gasteiger partial charge is 0.256 e. The summed E-state index contributed by atoms with van der Waals surface area (Å²) in [6.07, 6.45) is 7.02. The van der Waals surface area contributed by atoms with Crippen molar-refractivity contribution in [1.29, 1.82) is 0 Å². The van der Waals surface area contributed by atoms with Crippen LogP contribution in [0, 0.1) is 12.3 Å². The van der Waals surface area contributed by atoms with E-state index in [-0.39, 0.29) is 5.91 Å². The van der Waals surface area contributed by atoms with Crippen LogP contribution >= 0.6 is 23.4 Å². The van der Waals surface area contributed by atoms with Crippen LogP contribution < -0.4 is 0 Å². The van der Waals surface area contributed by atoms with E-state index in [9.17, 15) is 4.79 Å². The number of aryl methyl sites for hydroxylation is 2. The number of nitrogens with zero attached hydrogens (tertiary/aromatic N) is 5. The van der Waals surface area contributed by atoms with E-state index >= 15 is 0 Å². The van der Waals surface area contributed by atoms with Gasteiger partial charge >= 0.3 is 0 Å². The summed E-state index contributed by atoms with van der Waals surface area (Å²) in [5, 5.41) is 5.99. The Kier molecular flexibility index (Phi) is 5.91. The number of carbonyl (C=O) groups excluding carboxylic acids is 1. The largest absolute Gasteiger partial charge is 0.339 e. The van der Waals surface area contributed by atoms with Gasteiger partial charge in [-0.15, -0.1) is 11.8 Å². The fourth-order valence-corrected chi connectivity index (χ4v) is 5.49. The molecule has 4 heterocycles. The molecule has 1 spiro atoms. The molecule has 1 amide bonds. The molecule has 156 valence electrons. The summed E-state index contributed by atoms with van der Waals surface area (Å²) in [5.74, 6) is 0.116. The maximum absolute atomic E-state index is 13.0. The van der Waals surface area contributed by atoms with Gasteiger partial charge in [-0.25, -0.2) is 4.98 Å². The van der Waals surface area contributed by atoms with Gasteiger partial charge in [0.25, 0.3) is 5.91 Å². The third-order valence-electron chi connectivity index (χ3n) is 6.48. The van der Waals surface area contributed by atoms with Crippen molar-refractivity contribution in [3.05, 3.63) is 40.3 Å². The second-order valence-electron chi connectivity index (χ2n) is 8.29. The molecule has 6 nitrogen and oxygen atoms in total. The van der Waals surface area contributed by atoms with Gasteiger partial charge in [-0.3, -0.25) is 14.4 Å². The molecule has 29 heavy (non-hydrogen) atoms. The summed E-state index contributed by atoms with van der Waals surface area (Å²) in [6, 6.07) is 3.74. The van der Waals surface area contributed by atoms with Crippen LogP contribution in [0.3, 0.4) is 0 Å². The molecule has 8 heteroatoms. The lowest BCUT2D eigenvalue weighted by Gasteiger charge is -2.39. The molecule has 2 aromatic heterocycles. The lowest BCUT2D eigenvalue weighted by molar-refractivity contribution is 0.0583. The highest BCUT2D eigenvalue weighted by atomic mass is 35.5. The summed E-state index contributed by atoms with van der Waals surface area (Å²) < 4.78 is 1.75. The molecule has 0 aliphatic carbocycles. The highest BCUT2D eigenvalue weighted by molar-refractivity contribution is 7.98. The van der Waals surface area contributed by atoms with Crippen molar-refractivity contribution in [3.63, 3.8) is 0 Å². The molecule has 0 saturated carbocycles. The van der Waals surface area contributed by atoms with Gasteiger partial charge in [0.1, 0.15) is 10.2 Å². The Morgan fingerprint density at radius 3 is 2.66 bits per heavy atom. The Labute approximate surface area is 181 Å². The van der Waals surface area contributed by atoms with Gasteiger partial charge in [-0.1, -0.05) is 11.6 Å². The van der Waals surface area contributed by atoms with E-state index in [1.54, 1.807) is 10.9 Å². The monoisotopic (exact) mass is 433 g/mol. The number of carbonyl (C=O) groups is 1. The van der Waals surface area contributed by atoms with Crippen molar-refractivity contribution < 1.29 is 4.79 Å². The molecule has 0 aromatic carbocycles. The van der Waals surface area contributed by atoms with Crippen LogP contribution in [-0.4, -0.2) is 62.9 Å². The number of pyridine rings is 1. The lowest BCUT2D eigenvalue weighted by atomic mass is 9.77. The van der Waals surface area contributed by atoms with Crippen molar-refractivity contribution in [2.75, 3.05) is 32.4 Å². The number of amides is 1. The number of piperidine rings is 1. The summed E-state index contributed by atoms with van der Waals surface area (Å²) in [6.45, 7) is 6.68. The normalized spacial score (nSPS) is 19.2. The molecule has 2 aliphatic heterocycles. The van der Waals surface area contributed by atoms with Crippen LogP contribution in [0.2, 0.25) is 5.15 Å². The zero-order chi connectivity index (χ0) is 20.6. The first-order valence-corrected chi connectivity index (χ1v) is 11.7. The van der Waals surface area contributed by atoms with Crippen LogP contribution in [0.25, 0.3) is 0 Å². The zero-order valence-corrected chi connectivity index (χ0v) is 18.9. The quantitative estimate of drug-likeness (QED) is 0.689. The van der Waals surface area contributed by atoms with E-state index in [0.717, 1.165) is 72.6 Å². The van der Waals surface area contributed by atoms with E-state index in [4.69, 9.17) is 11.6 Å². The predicted molar refractivity (Wildman–Crippen MR) is 116 cm³/mol. The van der Waals surface area contributed by atoms with E-state index < -0.39 is 0 Å². The maximum Gasteiger partial charge on any atom is 0.256 e. The minimum Gasteiger partial charge on any atom is -0.339 e. The van der Waals surface area contributed by atoms with Gasteiger partial charge in [0.05, 0.1) is 11.3 Å². The van der Waals surface area contributed by atoms with Crippen molar-refractivity contribution in [2.24, 2.45) is 12.5 Å². The summed E-state index contributed by atoms with van der Waals surface area (Å²) in [4.78, 5) is 21.9. The topological polar surface area (TPSA) is 54.3 Å². The van der Waals surface area contributed by atoms with Gasteiger partial charge < -0.3 is 4.90 Å². The van der Waals surface area contributed by atoms with Crippen LogP contribution in [0.4, 0.5) is 0 Å². The van der Waals surface area contributed by atoms with Crippen molar-refractivity contribution in [3.8, 4) is 0 Å². The number of rotatable bonds is 4. The first kappa shape index (κ1) is 20.7. The average Bonchev–Trinajstić information content (AvgIpc) is 3.23. The lowest BCUT2D eigenvalue weighted by Crippen LogP contribution is -2.44. The Balaban J connectivity index is 1.37. The molecule has 2 aromatic rings. The summed E-state index contributed by atoms with van der Waals surface area (Å²) >= 11 is 7.96. The minimum absolute atomic E-state index is 0.116. The fraction of sp³-hybridized carbons (Fsp3) is 0.571. The minimum atomic E-state index is 0.116. The molecule has 2 fully saturated rings. The number of halogens is 1. The van der Waals surface area contributed by atoms with Gasteiger partial charge in [0.15, 0.2) is 0 Å². The first-order valence-electron chi connectivity index (χ1n) is 10.1. The molecule has 0 radical (unpaired) electrons. The first-order chi connectivity index (χ1) is 13.9. The van der Waals surface area contributed by atoms with Gasteiger partial charge in [0, 0.05) is 45.0 Å². The van der Waals surface area contributed by atoms with Gasteiger partial charge in [-0.05, 0) is 56.5 Å². The molecule has 0 atom stereocenters. The second kappa shape index (κ2) is 8.28. The molecular formula is C21H28ClN5OS. The summed E-state index contributed by atoms with van der Waals surface area (Å²) in [7, 11) is 1.89. The Morgan fingerprint density at radius 1 is 1.28 bits per heavy atom. The van der Waals surface area contributed by atoms with Crippen LogP contribution in [0.15, 0.2) is 23.4 Å². The highest BCUT2D eigenvalue weighted by Gasteiger charge is 2.41. The van der Waals surface area contributed by atoms with Crippen LogP contribution in [0.5, 0.6) is 0 Å². The number of hydrogen-bond donors (Lipinski definition) is 0. The van der Waals surface area contributed by atoms with Gasteiger partial charge in [-0.2, -0.15) is 5.10 Å². The SMILES string of the molecule is CSc1ncccc1C(=O)N1CCC2(CCN(Cc3c(C)nn(C)c3Cl)C2)CC1. The maximum atomic E-state index is 13.0. The highest BCUT2D eigenvalue weighted by Crippen LogP contribution is 2.41. The number of likely N-dealkylation sites (tertiary alicyclic amines) is 2. The van der Waals surface area contributed by atoms with Crippen LogP contribution in [0.1, 0.15) is 40.9 Å². The van der Waals surface area contributed by atoms with E-state index in [0.29, 0.717) is 5.41 Å².